The Balaban J connectivity index is 1.66. The van der Waals surface area contributed by atoms with Gasteiger partial charge >= 0.3 is 0 Å². The summed E-state index contributed by atoms with van der Waals surface area (Å²) in [4.78, 5) is 0. The van der Waals surface area contributed by atoms with Crippen molar-refractivity contribution in [1.82, 2.24) is 5.32 Å². The van der Waals surface area contributed by atoms with E-state index in [1.807, 2.05) is 18.2 Å². The molecule has 1 aliphatic heterocycles. The third-order valence-corrected chi connectivity index (χ3v) is 4.40. The summed E-state index contributed by atoms with van der Waals surface area (Å²) in [7, 11) is 0. The molecule has 0 spiro atoms. The Kier molecular flexibility index (Phi) is 3.60. The molecular formula is C15H20ClNO. The first-order valence-corrected chi connectivity index (χ1v) is 7.25. The average Bonchev–Trinajstić information content (AvgIpc) is 3.11. The fourth-order valence-corrected chi connectivity index (χ4v) is 3.22. The van der Waals surface area contributed by atoms with Crippen LogP contribution in [0.2, 0.25) is 5.02 Å². The number of hydrogen-bond donors (Lipinski definition) is 1. The Bertz CT molecular complexity index is 419. The molecule has 1 aromatic rings. The summed E-state index contributed by atoms with van der Waals surface area (Å²) in [5, 5.41) is 4.54. The summed E-state index contributed by atoms with van der Waals surface area (Å²) in [6.45, 7) is 3.08. The van der Waals surface area contributed by atoms with Gasteiger partial charge in [-0.15, -0.1) is 0 Å². The smallest absolute Gasteiger partial charge is 0.0757 e. The molecule has 3 heteroatoms. The van der Waals surface area contributed by atoms with Crippen LogP contribution in [0.25, 0.3) is 0 Å². The highest BCUT2D eigenvalue weighted by Crippen LogP contribution is 2.39. The number of ether oxygens (including phenoxy) is 1. The van der Waals surface area contributed by atoms with E-state index in [4.69, 9.17) is 16.3 Å². The second kappa shape index (κ2) is 5.20. The van der Waals surface area contributed by atoms with Gasteiger partial charge < -0.3 is 10.1 Å². The molecule has 0 amide bonds. The lowest BCUT2D eigenvalue weighted by molar-refractivity contribution is 0.0793. The van der Waals surface area contributed by atoms with Gasteiger partial charge in [-0.2, -0.15) is 0 Å². The van der Waals surface area contributed by atoms with Gasteiger partial charge in [-0.3, -0.25) is 0 Å². The molecule has 1 saturated carbocycles. The molecule has 3 unspecified atom stereocenters. The third-order valence-electron chi connectivity index (χ3n) is 4.06. The Morgan fingerprint density at radius 1 is 1.28 bits per heavy atom. The molecule has 0 aromatic heterocycles. The van der Waals surface area contributed by atoms with Crippen LogP contribution in [-0.4, -0.2) is 18.8 Å². The molecule has 1 saturated heterocycles. The molecule has 18 heavy (non-hydrogen) atoms. The molecule has 1 N–H and O–H groups in total. The Morgan fingerprint density at radius 3 is 2.78 bits per heavy atom. The van der Waals surface area contributed by atoms with Crippen molar-refractivity contribution in [3.63, 3.8) is 0 Å². The maximum Gasteiger partial charge on any atom is 0.0757 e. The van der Waals surface area contributed by atoms with Crippen LogP contribution in [-0.2, 0) is 4.74 Å². The fourth-order valence-electron chi connectivity index (χ4n) is 2.92. The number of benzene rings is 1. The van der Waals surface area contributed by atoms with Crippen LogP contribution in [0.3, 0.4) is 0 Å². The second-order valence-electron chi connectivity index (χ2n) is 5.48. The van der Waals surface area contributed by atoms with Gasteiger partial charge in [0.05, 0.1) is 6.10 Å². The third kappa shape index (κ3) is 2.56. The molecule has 2 aliphatic rings. The Morgan fingerprint density at radius 2 is 2.06 bits per heavy atom. The van der Waals surface area contributed by atoms with Crippen LogP contribution in [0.5, 0.6) is 0 Å². The highest BCUT2D eigenvalue weighted by atomic mass is 35.5. The minimum absolute atomic E-state index is 0.284. The van der Waals surface area contributed by atoms with Crippen molar-refractivity contribution < 1.29 is 4.74 Å². The van der Waals surface area contributed by atoms with Gasteiger partial charge in [0.15, 0.2) is 0 Å². The molecule has 1 heterocycles. The molecule has 2 nitrogen and oxygen atoms in total. The normalized spacial score (nSPS) is 29.4. The predicted molar refractivity (Wildman–Crippen MR) is 73.9 cm³/mol. The molecular weight excluding hydrogens is 246 g/mol. The Labute approximate surface area is 114 Å². The van der Waals surface area contributed by atoms with Crippen LogP contribution in [0, 0.1) is 5.92 Å². The van der Waals surface area contributed by atoms with Gasteiger partial charge in [0, 0.05) is 23.7 Å². The molecule has 1 aliphatic carbocycles. The lowest BCUT2D eigenvalue weighted by Crippen LogP contribution is -2.39. The van der Waals surface area contributed by atoms with Crippen molar-refractivity contribution >= 4 is 11.6 Å². The minimum Gasteiger partial charge on any atom is -0.376 e. The van der Waals surface area contributed by atoms with Gasteiger partial charge in [-0.1, -0.05) is 29.8 Å². The van der Waals surface area contributed by atoms with E-state index in [1.54, 1.807) is 0 Å². The zero-order chi connectivity index (χ0) is 12.5. The zero-order valence-corrected chi connectivity index (χ0v) is 11.5. The van der Waals surface area contributed by atoms with E-state index in [9.17, 15) is 0 Å². The molecule has 3 atom stereocenters. The van der Waals surface area contributed by atoms with Crippen molar-refractivity contribution in [2.75, 3.05) is 6.61 Å². The number of nitrogens with one attached hydrogen (secondary N) is 1. The summed E-state index contributed by atoms with van der Waals surface area (Å²) in [5.74, 6) is 0.795. The minimum atomic E-state index is 0.284. The largest absolute Gasteiger partial charge is 0.376 e. The van der Waals surface area contributed by atoms with Crippen LogP contribution in [0.4, 0.5) is 0 Å². The number of hydrogen-bond acceptors (Lipinski definition) is 2. The van der Waals surface area contributed by atoms with Crippen molar-refractivity contribution in [3.05, 3.63) is 34.9 Å². The van der Waals surface area contributed by atoms with Crippen LogP contribution in [0.1, 0.15) is 37.8 Å². The lowest BCUT2D eigenvalue weighted by Gasteiger charge is -2.24. The van der Waals surface area contributed by atoms with Crippen molar-refractivity contribution in [2.45, 2.75) is 44.4 Å². The number of halogens is 1. The summed E-state index contributed by atoms with van der Waals surface area (Å²) in [5.41, 5.74) is 1.18. The van der Waals surface area contributed by atoms with Crippen LogP contribution in [0.15, 0.2) is 24.3 Å². The molecule has 98 valence electrons. The highest BCUT2D eigenvalue weighted by molar-refractivity contribution is 6.31. The van der Waals surface area contributed by atoms with Gasteiger partial charge in [-0.05, 0) is 43.7 Å². The molecule has 3 rings (SSSR count). The maximum absolute atomic E-state index is 6.24. The molecule has 1 aromatic carbocycles. The van der Waals surface area contributed by atoms with E-state index in [0.717, 1.165) is 24.0 Å². The van der Waals surface area contributed by atoms with Gasteiger partial charge in [0.25, 0.3) is 0 Å². The van der Waals surface area contributed by atoms with Crippen LogP contribution < -0.4 is 5.32 Å². The van der Waals surface area contributed by atoms with Crippen molar-refractivity contribution in [2.24, 2.45) is 5.92 Å². The first-order chi connectivity index (χ1) is 8.75. The van der Waals surface area contributed by atoms with E-state index >= 15 is 0 Å². The summed E-state index contributed by atoms with van der Waals surface area (Å²) >= 11 is 6.24. The highest BCUT2D eigenvalue weighted by Gasteiger charge is 2.40. The van der Waals surface area contributed by atoms with E-state index in [2.05, 4.69) is 18.3 Å². The van der Waals surface area contributed by atoms with E-state index < -0.39 is 0 Å². The second-order valence-corrected chi connectivity index (χ2v) is 5.89. The summed E-state index contributed by atoms with van der Waals surface area (Å²) in [6, 6.07) is 8.85. The summed E-state index contributed by atoms with van der Waals surface area (Å²) in [6.07, 6.45) is 4.22. The van der Waals surface area contributed by atoms with E-state index in [-0.39, 0.29) is 6.04 Å². The maximum atomic E-state index is 6.24. The molecule has 0 bridgehead atoms. The number of rotatable bonds is 4. The summed E-state index contributed by atoms with van der Waals surface area (Å²) < 4.78 is 5.86. The monoisotopic (exact) mass is 265 g/mol. The first kappa shape index (κ1) is 12.5. The fraction of sp³-hybridized carbons (Fsp3) is 0.600. The standard InChI is InChI=1S/C15H20ClNO/c1-10(12-4-2-3-5-13(12)16)17-14-8-9-18-15(14)11-6-7-11/h2-5,10-11,14-15,17H,6-9H2,1H3. The van der Waals surface area contributed by atoms with E-state index in [1.165, 1.54) is 18.4 Å². The van der Waals surface area contributed by atoms with Crippen molar-refractivity contribution in [1.29, 1.82) is 0 Å². The predicted octanol–water partition coefficient (Wildman–Crippen LogP) is 3.56. The first-order valence-electron chi connectivity index (χ1n) is 6.88. The average molecular weight is 266 g/mol. The topological polar surface area (TPSA) is 21.3 Å². The molecule has 2 fully saturated rings. The lowest BCUT2D eigenvalue weighted by atomic mass is 10.0. The van der Waals surface area contributed by atoms with Crippen LogP contribution >= 0.6 is 11.6 Å². The zero-order valence-electron chi connectivity index (χ0n) is 10.7. The molecule has 0 radical (unpaired) electrons. The van der Waals surface area contributed by atoms with Gasteiger partial charge in [0.2, 0.25) is 0 Å². The van der Waals surface area contributed by atoms with Gasteiger partial charge in [0.1, 0.15) is 0 Å². The SMILES string of the molecule is CC(NC1CCOC1C1CC1)c1ccccc1Cl. The van der Waals surface area contributed by atoms with Crippen molar-refractivity contribution in [3.8, 4) is 0 Å². The van der Waals surface area contributed by atoms with Gasteiger partial charge in [-0.25, -0.2) is 0 Å². The Hall–Kier alpha value is -0.570. The quantitative estimate of drug-likeness (QED) is 0.899. The van der Waals surface area contributed by atoms with E-state index in [0.29, 0.717) is 12.1 Å².